The van der Waals surface area contributed by atoms with Gasteiger partial charge in [-0.25, -0.2) is 9.59 Å². The summed E-state index contributed by atoms with van der Waals surface area (Å²) in [7, 11) is 0. The van der Waals surface area contributed by atoms with Crippen molar-refractivity contribution >= 4 is 12.0 Å². The molecule has 1 fully saturated rings. The van der Waals surface area contributed by atoms with Crippen molar-refractivity contribution in [3.63, 3.8) is 0 Å². The number of hydrogen-bond donors (Lipinski definition) is 3. The number of carbonyl (C=O) groups is 2. The van der Waals surface area contributed by atoms with Crippen LogP contribution in [0.3, 0.4) is 0 Å². The Balaban J connectivity index is 2.37. The molecule has 6 nitrogen and oxygen atoms in total. The van der Waals surface area contributed by atoms with E-state index in [0.717, 1.165) is 32.5 Å². The lowest BCUT2D eigenvalue weighted by Crippen LogP contribution is -2.53. The minimum absolute atomic E-state index is 0.116. The SMILES string of the molecule is CCC(NC(=O)NC1CCCN(CC)C1)C(=O)O. The van der Waals surface area contributed by atoms with Crippen LogP contribution in [-0.2, 0) is 4.79 Å². The Morgan fingerprint density at radius 1 is 1.44 bits per heavy atom. The number of aliphatic carboxylic acids is 1. The summed E-state index contributed by atoms with van der Waals surface area (Å²) in [6.07, 6.45) is 2.40. The number of likely N-dealkylation sites (tertiary alicyclic amines) is 1. The smallest absolute Gasteiger partial charge is 0.326 e. The number of carbonyl (C=O) groups excluding carboxylic acids is 1. The van der Waals surface area contributed by atoms with Crippen molar-refractivity contribution in [2.24, 2.45) is 0 Å². The summed E-state index contributed by atoms with van der Waals surface area (Å²) in [6.45, 7) is 6.72. The molecule has 0 radical (unpaired) electrons. The Morgan fingerprint density at radius 2 is 2.17 bits per heavy atom. The molecule has 2 unspecified atom stereocenters. The molecular weight excluding hydrogens is 234 g/mol. The van der Waals surface area contributed by atoms with Gasteiger partial charge in [-0.1, -0.05) is 13.8 Å². The molecule has 0 saturated carbocycles. The number of nitrogens with zero attached hydrogens (tertiary/aromatic N) is 1. The normalized spacial score (nSPS) is 22.2. The molecule has 0 aliphatic carbocycles. The van der Waals surface area contributed by atoms with Gasteiger partial charge < -0.3 is 20.6 Å². The Hall–Kier alpha value is -1.30. The number of nitrogens with one attached hydrogen (secondary N) is 2. The van der Waals surface area contributed by atoms with Crippen molar-refractivity contribution in [3.8, 4) is 0 Å². The van der Waals surface area contributed by atoms with Crippen molar-refractivity contribution in [2.75, 3.05) is 19.6 Å². The third-order valence-electron chi connectivity index (χ3n) is 3.30. The van der Waals surface area contributed by atoms with Gasteiger partial charge >= 0.3 is 12.0 Å². The first-order valence-electron chi connectivity index (χ1n) is 6.59. The van der Waals surface area contributed by atoms with Gasteiger partial charge in [0.05, 0.1) is 0 Å². The molecule has 2 amide bonds. The molecule has 0 aromatic heterocycles. The van der Waals surface area contributed by atoms with E-state index in [-0.39, 0.29) is 12.1 Å². The lowest BCUT2D eigenvalue weighted by atomic mass is 10.1. The van der Waals surface area contributed by atoms with E-state index in [2.05, 4.69) is 22.5 Å². The van der Waals surface area contributed by atoms with E-state index in [0.29, 0.717) is 6.42 Å². The number of rotatable bonds is 5. The van der Waals surface area contributed by atoms with Gasteiger partial charge in [0.15, 0.2) is 0 Å². The predicted octanol–water partition coefficient (Wildman–Crippen LogP) is 0.633. The Bertz CT molecular complexity index is 296. The second-order valence-corrected chi connectivity index (χ2v) is 4.65. The van der Waals surface area contributed by atoms with E-state index in [1.54, 1.807) is 6.92 Å². The summed E-state index contributed by atoms with van der Waals surface area (Å²) in [5.74, 6) is -0.994. The van der Waals surface area contributed by atoms with Gasteiger partial charge in [0.25, 0.3) is 0 Å². The van der Waals surface area contributed by atoms with Gasteiger partial charge in [-0.05, 0) is 32.4 Å². The maximum atomic E-state index is 11.7. The van der Waals surface area contributed by atoms with Crippen molar-refractivity contribution < 1.29 is 14.7 Å². The van der Waals surface area contributed by atoms with Crippen LogP contribution in [0.4, 0.5) is 4.79 Å². The lowest BCUT2D eigenvalue weighted by molar-refractivity contribution is -0.139. The molecule has 3 N–H and O–H groups in total. The van der Waals surface area contributed by atoms with Gasteiger partial charge in [-0.2, -0.15) is 0 Å². The van der Waals surface area contributed by atoms with Crippen LogP contribution in [0.1, 0.15) is 33.1 Å². The first-order valence-corrected chi connectivity index (χ1v) is 6.59. The molecule has 18 heavy (non-hydrogen) atoms. The summed E-state index contributed by atoms with van der Waals surface area (Å²) in [4.78, 5) is 24.8. The van der Waals surface area contributed by atoms with Gasteiger partial charge in [-0.3, -0.25) is 0 Å². The Morgan fingerprint density at radius 3 is 2.72 bits per heavy atom. The summed E-state index contributed by atoms with van der Waals surface area (Å²) in [6, 6.07) is -1.08. The summed E-state index contributed by atoms with van der Waals surface area (Å²) in [5, 5.41) is 14.2. The van der Waals surface area contributed by atoms with Crippen molar-refractivity contribution in [3.05, 3.63) is 0 Å². The fraction of sp³-hybridized carbons (Fsp3) is 0.833. The molecule has 0 bridgehead atoms. The van der Waals surface area contributed by atoms with Crippen molar-refractivity contribution in [2.45, 2.75) is 45.2 Å². The Kier molecular flexibility index (Phi) is 5.91. The first-order chi connectivity index (χ1) is 8.56. The molecule has 0 aromatic rings. The van der Waals surface area contributed by atoms with E-state index >= 15 is 0 Å². The zero-order valence-electron chi connectivity index (χ0n) is 11.1. The van der Waals surface area contributed by atoms with Crippen LogP contribution < -0.4 is 10.6 Å². The number of carboxylic acids is 1. The third kappa shape index (κ3) is 4.52. The predicted molar refractivity (Wildman–Crippen MR) is 68.5 cm³/mol. The molecule has 104 valence electrons. The van der Waals surface area contributed by atoms with Gasteiger partial charge in [-0.15, -0.1) is 0 Å². The fourth-order valence-corrected chi connectivity index (χ4v) is 2.18. The number of likely N-dealkylation sites (N-methyl/N-ethyl adjacent to an activating group) is 1. The van der Waals surface area contributed by atoms with Crippen molar-refractivity contribution in [1.82, 2.24) is 15.5 Å². The fourth-order valence-electron chi connectivity index (χ4n) is 2.18. The third-order valence-corrected chi connectivity index (χ3v) is 3.30. The highest BCUT2D eigenvalue weighted by atomic mass is 16.4. The molecule has 1 rings (SSSR count). The standard InChI is InChI=1S/C12H23N3O3/c1-3-10(11(16)17)14-12(18)13-9-6-5-7-15(4-2)8-9/h9-10H,3-8H2,1-2H3,(H,16,17)(H2,13,14,18). The molecule has 1 heterocycles. The summed E-state index contributed by atoms with van der Waals surface area (Å²) in [5.41, 5.74) is 0. The van der Waals surface area contributed by atoms with E-state index in [9.17, 15) is 9.59 Å². The zero-order valence-corrected chi connectivity index (χ0v) is 11.1. The second kappa shape index (κ2) is 7.20. The highest BCUT2D eigenvalue weighted by Crippen LogP contribution is 2.09. The van der Waals surface area contributed by atoms with Crippen LogP contribution in [-0.4, -0.2) is 53.7 Å². The maximum absolute atomic E-state index is 11.7. The van der Waals surface area contributed by atoms with Gasteiger partial charge in [0.2, 0.25) is 0 Å². The largest absolute Gasteiger partial charge is 0.480 e. The van der Waals surface area contributed by atoms with Crippen LogP contribution in [0.5, 0.6) is 0 Å². The van der Waals surface area contributed by atoms with Crippen molar-refractivity contribution in [1.29, 1.82) is 0 Å². The van der Waals surface area contributed by atoms with E-state index in [1.807, 2.05) is 0 Å². The van der Waals surface area contributed by atoms with Gasteiger partial charge in [0, 0.05) is 12.6 Å². The van der Waals surface area contributed by atoms with Gasteiger partial charge in [0.1, 0.15) is 6.04 Å². The van der Waals surface area contributed by atoms with Crippen LogP contribution in [0.15, 0.2) is 0 Å². The highest BCUT2D eigenvalue weighted by molar-refractivity contribution is 5.82. The molecule has 1 aliphatic heterocycles. The lowest BCUT2D eigenvalue weighted by Gasteiger charge is -2.32. The minimum Gasteiger partial charge on any atom is -0.480 e. The summed E-state index contributed by atoms with van der Waals surface area (Å²) < 4.78 is 0. The molecular formula is C12H23N3O3. The molecule has 1 aliphatic rings. The number of amides is 2. The summed E-state index contributed by atoms with van der Waals surface area (Å²) >= 11 is 0. The van der Waals surface area contributed by atoms with E-state index in [4.69, 9.17) is 5.11 Å². The molecule has 0 aromatic carbocycles. The average molecular weight is 257 g/mol. The number of piperidine rings is 1. The maximum Gasteiger partial charge on any atom is 0.326 e. The molecule has 2 atom stereocenters. The highest BCUT2D eigenvalue weighted by Gasteiger charge is 2.22. The number of carboxylic acid groups (broad SMARTS) is 1. The molecule has 6 heteroatoms. The quantitative estimate of drug-likeness (QED) is 0.675. The van der Waals surface area contributed by atoms with E-state index < -0.39 is 12.0 Å². The molecule has 1 saturated heterocycles. The zero-order chi connectivity index (χ0) is 13.5. The topological polar surface area (TPSA) is 81.7 Å². The number of hydrogen-bond acceptors (Lipinski definition) is 3. The van der Waals surface area contributed by atoms with Crippen LogP contribution in [0.25, 0.3) is 0 Å². The van der Waals surface area contributed by atoms with E-state index in [1.165, 1.54) is 0 Å². The van der Waals surface area contributed by atoms with Crippen LogP contribution in [0, 0.1) is 0 Å². The van der Waals surface area contributed by atoms with Crippen LogP contribution in [0.2, 0.25) is 0 Å². The Labute approximate surface area is 108 Å². The average Bonchev–Trinajstić information content (AvgIpc) is 2.35. The minimum atomic E-state index is -0.994. The van der Waals surface area contributed by atoms with Crippen LogP contribution >= 0.6 is 0 Å². The second-order valence-electron chi connectivity index (χ2n) is 4.65. The molecule has 0 spiro atoms. The number of urea groups is 1. The first kappa shape index (κ1) is 14.8. The monoisotopic (exact) mass is 257 g/mol.